The summed E-state index contributed by atoms with van der Waals surface area (Å²) in [6, 6.07) is 13.4. The van der Waals surface area contributed by atoms with Gasteiger partial charge in [-0.15, -0.1) is 0 Å². The van der Waals surface area contributed by atoms with Gasteiger partial charge in [-0.25, -0.2) is 9.59 Å². The molecule has 0 aliphatic heterocycles. The van der Waals surface area contributed by atoms with Gasteiger partial charge in [-0.1, -0.05) is 23.7 Å². The third kappa shape index (κ3) is 6.29. The SMILES string of the molecule is CCOC(=O)c1ccc(NC(=O)NCCCOc2ccccc2Cl)cc1. The van der Waals surface area contributed by atoms with Gasteiger partial charge in [0.25, 0.3) is 0 Å². The quantitative estimate of drug-likeness (QED) is 0.537. The largest absolute Gasteiger partial charge is 0.492 e. The van der Waals surface area contributed by atoms with E-state index in [2.05, 4.69) is 10.6 Å². The third-order valence-corrected chi connectivity index (χ3v) is 3.67. The highest BCUT2D eigenvalue weighted by atomic mass is 35.5. The fourth-order valence-electron chi connectivity index (χ4n) is 2.10. The van der Waals surface area contributed by atoms with Gasteiger partial charge in [-0.3, -0.25) is 0 Å². The van der Waals surface area contributed by atoms with E-state index in [1.54, 1.807) is 43.3 Å². The Morgan fingerprint density at radius 2 is 1.81 bits per heavy atom. The van der Waals surface area contributed by atoms with Gasteiger partial charge < -0.3 is 20.1 Å². The van der Waals surface area contributed by atoms with E-state index in [-0.39, 0.29) is 12.0 Å². The van der Waals surface area contributed by atoms with Crippen LogP contribution in [0.25, 0.3) is 0 Å². The van der Waals surface area contributed by atoms with Gasteiger partial charge >= 0.3 is 12.0 Å². The predicted molar refractivity (Wildman–Crippen MR) is 101 cm³/mol. The first-order valence-corrected chi connectivity index (χ1v) is 8.67. The van der Waals surface area contributed by atoms with Crippen molar-refractivity contribution in [3.63, 3.8) is 0 Å². The normalized spacial score (nSPS) is 10.1. The smallest absolute Gasteiger partial charge is 0.338 e. The number of nitrogens with one attached hydrogen (secondary N) is 2. The zero-order valence-electron chi connectivity index (χ0n) is 14.5. The molecular formula is C19H21ClN2O4. The molecule has 6 nitrogen and oxygen atoms in total. The van der Waals surface area contributed by atoms with Gasteiger partial charge in [0.15, 0.2) is 0 Å². The van der Waals surface area contributed by atoms with E-state index in [0.29, 0.717) is 48.2 Å². The van der Waals surface area contributed by atoms with Crippen LogP contribution in [0.15, 0.2) is 48.5 Å². The summed E-state index contributed by atoms with van der Waals surface area (Å²) in [5.41, 5.74) is 1.03. The van der Waals surface area contributed by atoms with Crippen LogP contribution in [0.3, 0.4) is 0 Å². The number of benzene rings is 2. The molecule has 0 saturated heterocycles. The molecule has 138 valence electrons. The summed E-state index contributed by atoms with van der Waals surface area (Å²) in [6.45, 7) is 2.97. The van der Waals surface area contributed by atoms with E-state index in [1.807, 2.05) is 12.1 Å². The maximum absolute atomic E-state index is 11.8. The number of para-hydroxylation sites is 1. The van der Waals surface area contributed by atoms with Crippen molar-refractivity contribution in [3.8, 4) is 5.75 Å². The summed E-state index contributed by atoms with van der Waals surface area (Å²) in [7, 11) is 0. The molecule has 2 aromatic carbocycles. The van der Waals surface area contributed by atoms with E-state index in [1.165, 1.54) is 0 Å². The Bertz CT molecular complexity index is 735. The highest BCUT2D eigenvalue weighted by Gasteiger charge is 2.07. The first kappa shape index (κ1) is 19.6. The van der Waals surface area contributed by atoms with E-state index in [4.69, 9.17) is 21.1 Å². The fraction of sp³-hybridized carbons (Fsp3) is 0.263. The average molecular weight is 377 g/mol. The Labute approximate surface area is 157 Å². The number of anilines is 1. The number of hydrogen-bond donors (Lipinski definition) is 2. The van der Waals surface area contributed by atoms with Crippen molar-refractivity contribution in [1.29, 1.82) is 0 Å². The summed E-state index contributed by atoms with van der Waals surface area (Å²) < 4.78 is 10.5. The molecule has 0 aliphatic rings. The number of carbonyl (C=O) groups is 2. The molecule has 7 heteroatoms. The molecule has 0 fully saturated rings. The van der Waals surface area contributed by atoms with Gasteiger partial charge in [-0.05, 0) is 49.7 Å². The molecule has 0 aromatic heterocycles. The minimum atomic E-state index is -0.387. The summed E-state index contributed by atoms with van der Waals surface area (Å²) in [4.78, 5) is 23.4. The molecule has 0 heterocycles. The van der Waals surface area contributed by atoms with Crippen LogP contribution in [-0.2, 0) is 4.74 Å². The second-order valence-corrected chi connectivity index (χ2v) is 5.72. The molecule has 2 rings (SSSR count). The van der Waals surface area contributed by atoms with E-state index in [0.717, 1.165) is 0 Å². The van der Waals surface area contributed by atoms with Crippen molar-refractivity contribution in [2.45, 2.75) is 13.3 Å². The van der Waals surface area contributed by atoms with Crippen LogP contribution in [0.2, 0.25) is 5.02 Å². The second kappa shape index (κ2) is 10.3. The van der Waals surface area contributed by atoms with Crippen molar-refractivity contribution in [1.82, 2.24) is 5.32 Å². The maximum Gasteiger partial charge on any atom is 0.338 e. The van der Waals surface area contributed by atoms with Gasteiger partial charge in [0.1, 0.15) is 5.75 Å². The lowest BCUT2D eigenvalue weighted by Gasteiger charge is -2.10. The van der Waals surface area contributed by atoms with Crippen LogP contribution in [0.5, 0.6) is 5.75 Å². The molecule has 26 heavy (non-hydrogen) atoms. The van der Waals surface area contributed by atoms with Gasteiger partial charge in [-0.2, -0.15) is 0 Å². The summed E-state index contributed by atoms with van der Waals surface area (Å²) in [5.74, 6) is 0.238. The zero-order valence-corrected chi connectivity index (χ0v) is 15.2. The van der Waals surface area contributed by atoms with Crippen molar-refractivity contribution in [2.24, 2.45) is 0 Å². The van der Waals surface area contributed by atoms with Gasteiger partial charge in [0, 0.05) is 12.2 Å². The second-order valence-electron chi connectivity index (χ2n) is 5.31. The van der Waals surface area contributed by atoms with E-state index in [9.17, 15) is 9.59 Å². The molecule has 0 unspecified atom stereocenters. The molecule has 0 radical (unpaired) electrons. The minimum Gasteiger partial charge on any atom is -0.492 e. The standard InChI is InChI=1S/C19H21ClN2O4/c1-2-25-18(23)14-8-10-15(11-9-14)22-19(24)21-12-5-13-26-17-7-4-3-6-16(17)20/h3-4,6-11H,2,5,12-13H2,1H3,(H2,21,22,24). The molecule has 0 aliphatic carbocycles. The lowest BCUT2D eigenvalue weighted by Crippen LogP contribution is -2.30. The van der Waals surface area contributed by atoms with Crippen molar-refractivity contribution >= 4 is 29.3 Å². The maximum atomic E-state index is 11.8. The van der Waals surface area contributed by atoms with Crippen molar-refractivity contribution < 1.29 is 19.1 Å². The Balaban J connectivity index is 1.67. The summed E-state index contributed by atoms with van der Waals surface area (Å²) in [6.07, 6.45) is 0.639. The third-order valence-electron chi connectivity index (χ3n) is 3.35. The number of halogens is 1. The van der Waals surface area contributed by atoms with Crippen molar-refractivity contribution in [3.05, 3.63) is 59.1 Å². The number of amides is 2. The number of rotatable bonds is 8. The Morgan fingerprint density at radius 1 is 1.08 bits per heavy atom. The van der Waals surface area contributed by atoms with E-state index >= 15 is 0 Å². The Kier molecular flexibility index (Phi) is 7.76. The van der Waals surface area contributed by atoms with Crippen LogP contribution >= 0.6 is 11.6 Å². The fourth-order valence-corrected chi connectivity index (χ4v) is 2.29. The highest BCUT2D eigenvalue weighted by molar-refractivity contribution is 6.32. The lowest BCUT2D eigenvalue weighted by molar-refractivity contribution is 0.0526. The summed E-state index contributed by atoms with van der Waals surface area (Å²) in [5, 5.41) is 5.99. The Morgan fingerprint density at radius 3 is 2.50 bits per heavy atom. The van der Waals surface area contributed by atoms with Crippen LogP contribution in [0.1, 0.15) is 23.7 Å². The predicted octanol–water partition coefficient (Wildman–Crippen LogP) is 4.11. The van der Waals surface area contributed by atoms with Gasteiger partial charge in [0.05, 0.1) is 23.8 Å². The topological polar surface area (TPSA) is 76.7 Å². The minimum absolute atomic E-state index is 0.321. The van der Waals surface area contributed by atoms with Crippen LogP contribution in [-0.4, -0.2) is 31.8 Å². The van der Waals surface area contributed by atoms with E-state index < -0.39 is 0 Å². The molecule has 2 amide bonds. The molecule has 0 bridgehead atoms. The van der Waals surface area contributed by atoms with Crippen molar-refractivity contribution in [2.75, 3.05) is 25.1 Å². The molecule has 0 saturated carbocycles. The van der Waals surface area contributed by atoms with Crippen LogP contribution < -0.4 is 15.4 Å². The lowest BCUT2D eigenvalue weighted by atomic mass is 10.2. The number of esters is 1. The molecule has 0 atom stereocenters. The highest BCUT2D eigenvalue weighted by Crippen LogP contribution is 2.22. The monoisotopic (exact) mass is 376 g/mol. The molecular weight excluding hydrogens is 356 g/mol. The van der Waals surface area contributed by atoms with Crippen LogP contribution in [0.4, 0.5) is 10.5 Å². The zero-order chi connectivity index (χ0) is 18.8. The summed E-state index contributed by atoms with van der Waals surface area (Å²) >= 11 is 5.99. The molecule has 2 N–H and O–H groups in total. The first-order chi connectivity index (χ1) is 12.6. The molecule has 2 aromatic rings. The number of hydrogen-bond acceptors (Lipinski definition) is 4. The van der Waals surface area contributed by atoms with Gasteiger partial charge in [0.2, 0.25) is 0 Å². The number of ether oxygens (including phenoxy) is 2. The number of carbonyl (C=O) groups excluding carboxylic acids is 2. The first-order valence-electron chi connectivity index (χ1n) is 8.29. The molecule has 0 spiro atoms. The Hall–Kier alpha value is -2.73. The van der Waals surface area contributed by atoms with Crippen LogP contribution in [0, 0.1) is 0 Å². The number of urea groups is 1. The average Bonchev–Trinajstić information content (AvgIpc) is 2.63.